The molecule has 0 aliphatic heterocycles. The fourth-order valence-electron chi connectivity index (χ4n) is 1.81. The van der Waals surface area contributed by atoms with Crippen LogP contribution < -0.4 is 5.32 Å². The van der Waals surface area contributed by atoms with Gasteiger partial charge in [0.05, 0.1) is 6.10 Å². The first-order valence-electron chi connectivity index (χ1n) is 6.62. The fraction of sp³-hybridized carbons (Fsp3) is 0.357. The highest BCUT2D eigenvalue weighted by molar-refractivity contribution is 5.95. The summed E-state index contributed by atoms with van der Waals surface area (Å²) >= 11 is 0. The van der Waals surface area contributed by atoms with Crippen LogP contribution in [0.2, 0.25) is 0 Å². The Kier molecular flexibility index (Phi) is 4.84. The summed E-state index contributed by atoms with van der Waals surface area (Å²) in [6, 6.07) is 7.16. The normalized spacial score (nSPS) is 12.1. The van der Waals surface area contributed by atoms with Crippen molar-refractivity contribution in [1.82, 2.24) is 20.5 Å². The first-order valence-corrected chi connectivity index (χ1v) is 6.62. The van der Waals surface area contributed by atoms with Gasteiger partial charge in [-0.3, -0.25) is 9.89 Å². The smallest absolute Gasteiger partial charge is 0.251 e. The summed E-state index contributed by atoms with van der Waals surface area (Å²) in [5.41, 5.74) is 1.37. The van der Waals surface area contributed by atoms with Crippen molar-refractivity contribution in [2.75, 3.05) is 6.54 Å². The molecule has 0 radical (unpaired) electrons. The third-order valence-corrected chi connectivity index (χ3v) is 3.05. The van der Waals surface area contributed by atoms with Crippen molar-refractivity contribution in [3.63, 3.8) is 0 Å². The zero-order valence-corrected chi connectivity index (χ0v) is 11.3. The highest BCUT2D eigenvalue weighted by Gasteiger charge is 2.08. The molecular weight excluding hydrogens is 256 g/mol. The zero-order valence-electron chi connectivity index (χ0n) is 11.3. The van der Waals surface area contributed by atoms with Crippen LogP contribution in [0, 0.1) is 0 Å². The maximum absolute atomic E-state index is 12.0. The van der Waals surface area contributed by atoms with E-state index in [9.17, 15) is 9.90 Å². The minimum absolute atomic E-state index is 0.158. The number of aliphatic hydroxyl groups excluding tert-OH is 1. The van der Waals surface area contributed by atoms with Crippen molar-refractivity contribution in [1.29, 1.82) is 0 Å². The maximum Gasteiger partial charge on any atom is 0.251 e. The Hall–Kier alpha value is -2.21. The van der Waals surface area contributed by atoms with Gasteiger partial charge in [-0.25, -0.2) is 4.98 Å². The number of carbonyl (C=O) groups is 1. The lowest BCUT2D eigenvalue weighted by Crippen LogP contribution is -2.27. The van der Waals surface area contributed by atoms with Crippen LogP contribution >= 0.6 is 0 Å². The van der Waals surface area contributed by atoms with E-state index in [0.717, 1.165) is 5.56 Å². The standard InChI is InChI=1S/C14H18N4O2/c1-2-12(19)6-7-15-14(20)11-5-3-4-10(8-11)13-16-9-17-18-13/h3-5,8-9,12,19H,2,6-7H2,1H3,(H,15,20)(H,16,17,18). The number of aliphatic hydroxyl groups is 1. The zero-order chi connectivity index (χ0) is 14.4. The number of H-pyrrole nitrogens is 1. The van der Waals surface area contributed by atoms with Crippen LogP contribution in [-0.2, 0) is 0 Å². The number of hydrogen-bond acceptors (Lipinski definition) is 4. The molecule has 0 saturated carbocycles. The third-order valence-electron chi connectivity index (χ3n) is 3.05. The average molecular weight is 274 g/mol. The van der Waals surface area contributed by atoms with Gasteiger partial charge in [0.25, 0.3) is 5.91 Å². The average Bonchev–Trinajstić information content (AvgIpc) is 3.01. The van der Waals surface area contributed by atoms with Crippen LogP contribution in [0.3, 0.4) is 0 Å². The number of amides is 1. The molecule has 1 unspecified atom stereocenters. The van der Waals surface area contributed by atoms with Gasteiger partial charge in [-0.15, -0.1) is 0 Å². The highest BCUT2D eigenvalue weighted by atomic mass is 16.3. The van der Waals surface area contributed by atoms with Crippen LogP contribution in [0.1, 0.15) is 30.1 Å². The summed E-state index contributed by atoms with van der Waals surface area (Å²) < 4.78 is 0. The molecule has 0 saturated heterocycles. The van der Waals surface area contributed by atoms with E-state index in [1.54, 1.807) is 18.2 Å². The van der Waals surface area contributed by atoms with Gasteiger partial charge < -0.3 is 10.4 Å². The lowest BCUT2D eigenvalue weighted by atomic mass is 10.1. The summed E-state index contributed by atoms with van der Waals surface area (Å²) in [5, 5.41) is 18.8. The second-order valence-electron chi connectivity index (χ2n) is 4.52. The largest absolute Gasteiger partial charge is 0.393 e. The summed E-state index contributed by atoms with van der Waals surface area (Å²) in [7, 11) is 0. The van der Waals surface area contributed by atoms with Crippen molar-refractivity contribution >= 4 is 5.91 Å². The molecule has 1 amide bonds. The molecule has 0 aliphatic carbocycles. The number of nitrogens with zero attached hydrogens (tertiary/aromatic N) is 2. The van der Waals surface area contributed by atoms with E-state index in [1.165, 1.54) is 6.33 Å². The summed E-state index contributed by atoms with van der Waals surface area (Å²) in [4.78, 5) is 16.0. The van der Waals surface area contributed by atoms with E-state index in [1.807, 2.05) is 13.0 Å². The van der Waals surface area contributed by atoms with Crippen LogP contribution in [0.4, 0.5) is 0 Å². The number of carbonyl (C=O) groups excluding carboxylic acids is 1. The maximum atomic E-state index is 12.0. The topological polar surface area (TPSA) is 90.9 Å². The number of nitrogens with one attached hydrogen (secondary N) is 2. The van der Waals surface area contributed by atoms with E-state index in [2.05, 4.69) is 20.5 Å². The second-order valence-corrected chi connectivity index (χ2v) is 4.52. The lowest BCUT2D eigenvalue weighted by molar-refractivity contribution is 0.0942. The molecule has 2 aromatic rings. The Balaban J connectivity index is 1.98. The Labute approximate surface area is 117 Å². The third kappa shape index (κ3) is 3.64. The molecule has 0 aliphatic rings. The quantitative estimate of drug-likeness (QED) is 0.742. The van der Waals surface area contributed by atoms with Gasteiger partial charge in [0.15, 0.2) is 5.82 Å². The van der Waals surface area contributed by atoms with Crippen LogP contribution in [0.15, 0.2) is 30.6 Å². The summed E-state index contributed by atoms with van der Waals surface area (Å²) in [5.74, 6) is 0.468. The molecule has 1 atom stereocenters. The number of aromatic amines is 1. The Morgan fingerprint density at radius 2 is 2.35 bits per heavy atom. The van der Waals surface area contributed by atoms with Crippen LogP contribution in [0.25, 0.3) is 11.4 Å². The predicted molar refractivity (Wildman–Crippen MR) is 75.1 cm³/mol. The van der Waals surface area contributed by atoms with Gasteiger partial charge in [-0.05, 0) is 25.0 Å². The number of benzene rings is 1. The van der Waals surface area contributed by atoms with E-state index < -0.39 is 0 Å². The van der Waals surface area contributed by atoms with E-state index in [-0.39, 0.29) is 12.0 Å². The van der Waals surface area contributed by atoms with Gasteiger partial charge >= 0.3 is 0 Å². The molecule has 0 fully saturated rings. The fourth-order valence-corrected chi connectivity index (χ4v) is 1.81. The Morgan fingerprint density at radius 1 is 1.50 bits per heavy atom. The molecule has 0 spiro atoms. The van der Waals surface area contributed by atoms with E-state index >= 15 is 0 Å². The molecule has 6 nitrogen and oxygen atoms in total. The molecule has 6 heteroatoms. The first-order chi connectivity index (χ1) is 9.70. The molecule has 1 aromatic heterocycles. The minimum atomic E-state index is -0.365. The van der Waals surface area contributed by atoms with Crippen LogP contribution in [-0.4, -0.2) is 38.8 Å². The van der Waals surface area contributed by atoms with Gasteiger partial charge in [-0.2, -0.15) is 5.10 Å². The Bertz CT molecular complexity index is 554. The van der Waals surface area contributed by atoms with Crippen molar-refractivity contribution in [3.8, 4) is 11.4 Å². The van der Waals surface area contributed by atoms with Crippen molar-refractivity contribution < 1.29 is 9.90 Å². The van der Waals surface area contributed by atoms with Gasteiger partial charge in [-0.1, -0.05) is 19.1 Å². The second kappa shape index (κ2) is 6.81. The van der Waals surface area contributed by atoms with Gasteiger partial charge in [0.2, 0.25) is 0 Å². The summed E-state index contributed by atoms with van der Waals surface area (Å²) in [6.07, 6.45) is 2.31. The molecule has 1 heterocycles. The van der Waals surface area contributed by atoms with E-state index in [4.69, 9.17) is 0 Å². The molecule has 0 bridgehead atoms. The minimum Gasteiger partial charge on any atom is -0.393 e. The Morgan fingerprint density at radius 3 is 3.05 bits per heavy atom. The first kappa shape index (κ1) is 14.2. The molecule has 3 N–H and O–H groups in total. The SMILES string of the molecule is CCC(O)CCNC(=O)c1cccc(-c2ncn[nH]2)c1. The molecule has 1 aromatic carbocycles. The number of aromatic nitrogens is 3. The van der Waals surface area contributed by atoms with Gasteiger partial charge in [0, 0.05) is 17.7 Å². The van der Waals surface area contributed by atoms with E-state index in [0.29, 0.717) is 30.8 Å². The molecule has 20 heavy (non-hydrogen) atoms. The molecule has 106 valence electrons. The molecular formula is C14H18N4O2. The number of rotatable bonds is 6. The molecule has 2 rings (SSSR count). The summed E-state index contributed by atoms with van der Waals surface area (Å²) in [6.45, 7) is 2.37. The monoisotopic (exact) mass is 274 g/mol. The highest BCUT2D eigenvalue weighted by Crippen LogP contribution is 2.15. The number of hydrogen-bond donors (Lipinski definition) is 3. The predicted octanol–water partition coefficient (Wildman–Crippen LogP) is 1.36. The van der Waals surface area contributed by atoms with Crippen molar-refractivity contribution in [3.05, 3.63) is 36.2 Å². The van der Waals surface area contributed by atoms with Crippen LogP contribution in [0.5, 0.6) is 0 Å². The lowest BCUT2D eigenvalue weighted by Gasteiger charge is -2.09. The van der Waals surface area contributed by atoms with Crippen molar-refractivity contribution in [2.45, 2.75) is 25.9 Å². The van der Waals surface area contributed by atoms with Gasteiger partial charge in [0.1, 0.15) is 6.33 Å². The van der Waals surface area contributed by atoms with Crippen molar-refractivity contribution in [2.24, 2.45) is 0 Å².